The van der Waals surface area contributed by atoms with Crippen molar-refractivity contribution < 1.29 is 13.2 Å². The molecule has 0 aliphatic carbocycles. The van der Waals surface area contributed by atoms with Crippen molar-refractivity contribution >= 4 is 10.0 Å². The van der Waals surface area contributed by atoms with Crippen LogP contribution < -0.4 is 9.46 Å². The zero-order valence-corrected chi connectivity index (χ0v) is 13.9. The quantitative estimate of drug-likeness (QED) is 0.891. The van der Waals surface area contributed by atoms with Crippen LogP contribution in [0.2, 0.25) is 0 Å². The molecule has 2 aromatic rings. The second-order valence-electron chi connectivity index (χ2n) is 5.22. The summed E-state index contributed by atoms with van der Waals surface area (Å²) >= 11 is 0. The monoisotopic (exact) mass is 319 g/mol. The van der Waals surface area contributed by atoms with Crippen molar-refractivity contribution in [1.29, 1.82) is 0 Å². The summed E-state index contributed by atoms with van der Waals surface area (Å²) in [5.41, 5.74) is 3.02. The van der Waals surface area contributed by atoms with E-state index >= 15 is 0 Å². The summed E-state index contributed by atoms with van der Waals surface area (Å²) in [6.45, 7) is 4.16. The summed E-state index contributed by atoms with van der Waals surface area (Å²) in [4.78, 5) is 0.186. The van der Waals surface area contributed by atoms with Gasteiger partial charge in [-0.3, -0.25) is 0 Å². The van der Waals surface area contributed by atoms with Gasteiger partial charge in [-0.05, 0) is 49.1 Å². The smallest absolute Gasteiger partial charge is 0.244 e. The molecule has 0 aliphatic heterocycles. The molecule has 22 heavy (non-hydrogen) atoms. The first-order valence-corrected chi connectivity index (χ1v) is 8.61. The van der Waals surface area contributed by atoms with E-state index in [0.29, 0.717) is 18.7 Å². The number of hydrogen-bond acceptors (Lipinski definition) is 3. The van der Waals surface area contributed by atoms with Crippen LogP contribution in [0.4, 0.5) is 0 Å². The molecule has 0 saturated carbocycles. The third-order valence-corrected chi connectivity index (χ3v) is 5.10. The molecule has 0 bridgehead atoms. The first kappa shape index (κ1) is 16.5. The highest BCUT2D eigenvalue weighted by atomic mass is 32.2. The Balaban J connectivity index is 2.15. The maximum atomic E-state index is 12.5. The van der Waals surface area contributed by atoms with E-state index in [9.17, 15) is 8.42 Å². The highest BCUT2D eigenvalue weighted by Crippen LogP contribution is 2.27. The Morgan fingerprint density at radius 3 is 2.32 bits per heavy atom. The van der Waals surface area contributed by atoms with Crippen molar-refractivity contribution in [2.45, 2.75) is 25.2 Å². The fourth-order valence-corrected chi connectivity index (χ4v) is 3.45. The van der Waals surface area contributed by atoms with E-state index in [4.69, 9.17) is 4.74 Å². The molecule has 118 valence electrons. The number of hydrogen-bond donors (Lipinski definition) is 1. The minimum atomic E-state index is -3.59. The van der Waals surface area contributed by atoms with Gasteiger partial charge in [-0.2, -0.15) is 0 Å². The Morgan fingerprint density at radius 1 is 1.05 bits per heavy atom. The van der Waals surface area contributed by atoms with Crippen LogP contribution >= 0.6 is 0 Å². The summed E-state index contributed by atoms with van der Waals surface area (Å²) in [7, 11) is -2.11. The molecule has 0 unspecified atom stereocenters. The van der Waals surface area contributed by atoms with Crippen LogP contribution in [0, 0.1) is 13.8 Å². The van der Waals surface area contributed by atoms with Crippen LogP contribution in [-0.4, -0.2) is 22.1 Å². The van der Waals surface area contributed by atoms with E-state index < -0.39 is 10.0 Å². The lowest BCUT2D eigenvalue weighted by atomic mass is 10.1. The van der Waals surface area contributed by atoms with Gasteiger partial charge in [0.1, 0.15) is 10.6 Å². The lowest BCUT2D eigenvalue weighted by Gasteiger charge is -2.13. The first-order valence-electron chi connectivity index (χ1n) is 7.13. The number of sulfonamides is 1. The van der Waals surface area contributed by atoms with E-state index in [0.717, 1.165) is 16.7 Å². The average molecular weight is 319 g/mol. The zero-order valence-electron chi connectivity index (χ0n) is 13.1. The van der Waals surface area contributed by atoms with Crippen LogP contribution in [0.3, 0.4) is 0 Å². The molecular formula is C17H21NO3S. The Bertz CT molecular complexity index is 740. The molecule has 0 radical (unpaired) electrons. The summed E-state index contributed by atoms with van der Waals surface area (Å²) in [6.07, 6.45) is 0.646. The largest absolute Gasteiger partial charge is 0.495 e. The Kier molecular flexibility index (Phi) is 5.21. The summed E-state index contributed by atoms with van der Waals surface area (Å²) in [5, 5.41) is 0. The first-order chi connectivity index (χ1) is 10.4. The van der Waals surface area contributed by atoms with Gasteiger partial charge in [0.05, 0.1) is 7.11 Å². The van der Waals surface area contributed by atoms with Gasteiger partial charge in [0.15, 0.2) is 0 Å². The minimum absolute atomic E-state index is 0.186. The van der Waals surface area contributed by atoms with E-state index in [-0.39, 0.29) is 4.90 Å². The van der Waals surface area contributed by atoms with Gasteiger partial charge in [-0.15, -0.1) is 0 Å². The number of nitrogens with one attached hydrogen (secondary N) is 1. The van der Waals surface area contributed by atoms with Gasteiger partial charge in [0, 0.05) is 6.54 Å². The topological polar surface area (TPSA) is 55.4 Å². The van der Waals surface area contributed by atoms with Gasteiger partial charge in [0.25, 0.3) is 0 Å². The Hall–Kier alpha value is -1.85. The fourth-order valence-electron chi connectivity index (χ4n) is 2.18. The number of rotatable bonds is 6. The number of aryl methyl sites for hydroxylation is 2. The molecule has 0 amide bonds. The molecule has 0 aliphatic rings. The van der Waals surface area contributed by atoms with Gasteiger partial charge in [0.2, 0.25) is 10.0 Å². The molecule has 0 aromatic heterocycles. The SMILES string of the molecule is COc1cc(C)c(C)cc1S(=O)(=O)NCCc1ccccc1. The maximum absolute atomic E-state index is 12.5. The van der Waals surface area contributed by atoms with Crippen molar-refractivity contribution in [3.63, 3.8) is 0 Å². The van der Waals surface area contributed by atoms with Crippen molar-refractivity contribution in [3.8, 4) is 5.75 Å². The molecule has 0 saturated heterocycles. The molecule has 1 N–H and O–H groups in total. The lowest BCUT2D eigenvalue weighted by molar-refractivity contribution is 0.402. The van der Waals surface area contributed by atoms with Crippen molar-refractivity contribution in [2.75, 3.05) is 13.7 Å². The Morgan fingerprint density at radius 2 is 1.68 bits per heavy atom. The fraction of sp³-hybridized carbons (Fsp3) is 0.294. The Labute approximate surface area is 132 Å². The maximum Gasteiger partial charge on any atom is 0.244 e. The van der Waals surface area contributed by atoms with Gasteiger partial charge in [-0.1, -0.05) is 30.3 Å². The minimum Gasteiger partial charge on any atom is -0.495 e. The van der Waals surface area contributed by atoms with Crippen LogP contribution in [0.15, 0.2) is 47.4 Å². The summed E-state index contributed by atoms with van der Waals surface area (Å²) in [5.74, 6) is 0.371. The molecular weight excluding hydrogens is 298 g/mol. The molecule has 4 nitrogen and oxygen atoms in total. The van der Waals surface area contributed by atoms with Crippen LogP contribution in [0.1, 0.15) is 16.7 Å². The average Bonchev–Trinajstić information content (AvgIpc) is 2.50. The van der Waals surface area contributed by atoms with Crippen molar-refractivity contribution in [3.05, 3.63) is 59.2 Å². The highest BCUT2D eigenvalue weighted by molar-refractivity contribution is 7.89. The number of ether oxygens (including phenoxy) is 1. The predicted octanol–water partition coefficient (Wildman–Crippen LogP) is 2.83. The number of methoxy groups -OCH3 is 1. The van der Waals surface area contributed by atoms with Crippen LogP contribution in [0.25, 0.3) is 0 Å². The highest BCUT2D eigenvalue weighted by Gasteiger charge is 2.20. The summed E-state index contributed by atoms with van der Waals surface area (Å²) < 4.78 is 32.8. The van der Waals surface area contributed by atoms with E-state index in [1.54, 1.807) is 12.1 Å². The van der Waals surface area contributed by atoms with Crippen molar-refractivity contribution in [1.82, 2.24) is 4.72 Å². The molecule has 0 atom stereocenters. The van der Waals surface area contributed by atoms with E-state index in [1.807, 2.05) is 44.2 Å². The zero-order chi connectivity index (χ0) is 16.2. The molecule has 5 heteroatoms. The summed E-state index contributed by atoms with van der Waals surface area (Å²) in [6, 6.07) is 13.2. The second kappa shape index (κ2) is 6.94. The van der Waals surface area contributed by atoms with Crippen LogP contribution in [0.5, 0.6) is 5.75 Å². The van der Waals surface area contributed by atoms with Crippen LogP contribution in [-0.2, 0) is 16.4 Å². The lowest BCUT2D eigenvalue weighted by Crippen LogP contribution is -2.26. The molecule has 0 fully saturated rings. The normalized spacial score (nSPS) is 11.4. The van der Waals surface area contributed by atoms with E-state index in [2.05, 4.69) is 4.72 Å². The predicted molar refractivity (Wildman–Crippen MR) is 87.8 cm³/mol. The molecule has 2 aromatic carbocycles. The third kappa shape index (κ3) is 3.87. The molecule has 2 rings (SSSR count). The molecule has 0 heterocycles. The third-order valence-electron chi connectivity index (χ3n) is 3.62. The standard InChI is InChI=1S/C17H21NO3S/c1-13-11-16(21-3)17(12-14(13)2)22(19,20)18-10-9-15-7-5-4-6-8-15/h4-8,11-12,18H,9-10H2,1-3H3. The molecule has 0 spiro atoms. The van der Waals surface area contributed by atoms with Gasteiger partial charge in [-0.25, -0.2) is 13.1 Å². The van der Waals surface area contributed by atoms with Crippen molar-refractivity contribution in [2.24, 2.45) is 0 Å². The van der Waals surface area contributed by atoms with Gasteiger partial charge >= 0.3 is 0 Å². The van der Waals surface area contributed by atoms with Gasteiger partial charge < -0.3 is 4.74 Å². The number of benzene rings is 2. The van der Waals surface area contributed by atoms with E-state index in [1.165, 1.54) is 7.11 Å². The second-order valence-corrected chi connectivity index (χ2v) is 6.96.